The van der Waals surface area contributed by atoms with Crippen molar-refractivity contribution in [2.75, 3.05) is 12.4 Å². The summed E-state index contributed by atoms with van der Waals surface area (Å²) in [6, 6.07) is 9.51. The molecule has 3 aromatic rings. The molecule has 3 N–H and O–H groups in total. The van der Waals surface area contributed by atoms with Gasteiger partial charge in [0.1, 0.15) is 5.52 Å². The van der Waals surface area contributed by atoms with Crippen molar-refractivity contribution < 1.29 is 9.84 Å². The predicted octanol–water partition coefficient (Wildman–Crippen LogP) is 3.39. The Morgan fingerprint density at radius 1 is 1.31 bits per heavy atom. The Kier molecular flexibility index (Phi) is 3.84. The number of methoxy groups -OCH3 is 1. The number of hydrogen-bond acceptors (Lipinski definition) is 7. The van der Waals surface area contributed by atoms with Gasteiger partial charge in [-0.25, -0.2) is 10.0 Å². The average Bonchev–Trinajstić information content (AvgIpc) is 3.03. The van der Waals surface area contributed by atoms with E-state index in [-0.39, 0.29) is 6.04 Å². The smallest absolute Gasteiger partial charge is 0.244 e. The van der Waals surface area contributed by atoms with Gasteiger partial charge in [-0.05, 0) is 43.5 Å². The summed E-state index contributed by atoms with van der Waals surface area (Å²) < 4.78 is 7.24. The van der Waals surface area contributed by atoms with E-state index >= 15 is 0 Å². The van der Waals surface area contributed by atoms with E-state index in [9.17, 15) is 5.11 Å². The van der Waals surface area contributed by atoms with Crippen LogP contribution in [0.4, 0.5) is 11.6 Å². The van der Waals surface area contributed by atoms with Crippen molar-refractivity contribution in [1.29, 1.82) is 5.53 Å². The Hall–Kier alpha value is -3.00. The van der Waals surface area contributed by atoms with Crippen LogP contribution in [0.15, 0.2) is 41.6 Å². The summed E-state index contributed by atoms with van der Waals surface area (Å²) in [5, 5.41) is 21.1. The summed E-state index contributed by atoms with van der Waals surface area (Å²) in [5.41, 5.74) is 9.74. The van der Waals surface area contributed by atoms with E-state index in [1.165, 1.54) is 0 Å². The summed E-state index contributed by atoms with van der Waals surface area (Å²) in [5.74, 6) is 0.947. The van der Waals surface area contributed by atoms with Crippen LogP contribution in [0.5, 0.6) is 5.88 Å². The molecule has 26 heavy (non-hydrogen) atoms. The molecule has 4 rings (SSSR count). The molecule has 134 valence electrons. The van der Waals surface area contributed by atoms with Crippen molar-refractivity contribution in [1.82, 2.24) is 14.6 Å². The van der Waals surface area contributed by atoms with Gasteiger partial charge in [0.2, 0.25) is 11.8 Å². The first-order chi connectivity index (χ1) is 12.5. The maximum absolute atomic E-state index is 9.87. The topological polar surface area (TPSA) is 108 Å². The van der Waals surface area contributed by atoms with Crippen molar-refractivity contribution in [3.8, 4) is 17.0 Å². The molecule has 0 amide bonds. The number of nitrogens with one attached hydrogen (secondary N) is 2. The van der Waals surface area contributed by atoms with E-state index < -0.39 is 5.60 Å². The van der Waals surface area contributed by atoms with Gasteiger partial charge in [0.15, 0.2) is 0 Å². The van der Waals surface area contributed by atoms with Gasteiger partial charge in [0.25, 0.3) is 0 Å². The fraction of sp³-hybridized carbons (Fsp3) is 0.333. The second-order valence-corrected chi connectivity index (χ2v) is 6.87. The first-order valence-corrected chi connectivity index (χ1v) is 8.39. The highest BCUT2D eigenvalue weighted by atomic mass is 16.5. The highest BCUT2D eigenvalue weighted by Gasteiger charge is 2.38. The van der Waals surface area contributed by atoms with E-state index in [0.717, 1.165) is 16.6 Å². The van der Waals surface area contributed by atoms with Gasteiger partial charge in [-0.1, -0.05) is 12.1 Å². The molecule has 2 aromatic heterocycles. The highest BCUT2D eigenvalue weighted by Crippen LogP contribution is 2.35. The summed E-state index contributed by atoms with van der Waals surface area (Å²) >= 11 is 0. The Morgan fingerprint density at radius 3 is 2.65 bits per heavy atom. The first kappa shape index (κ1) is 16.5. The monoisotopic (exact) mass is 352 g/mol. The molecule has 1 saturated carbocycles. The second kappa shape index (κ2) is 6.06. The summed E-state index contributed by atoms with van der Waals surface area (Å²) in [4.78, 5) is 4.49. The predicted molar refractivity (Wildman–Crippen MR) is 97.1 cm³/mol. The van der Waals surface area contributed by atoms with Crippen molar-refractivity contribution in [2.45, 2.75) is 31.4 Å². The molecule has 1 aliphatic rings. The molecule has 0 radical (unpaired) electrons. The fourth-order valence-electron chi connectivity index (χ4n) is 3.43. The van der Waals surface area contributed by atoms with Crippen LogP contribution < -0.4 is 10.1 Å². The molecule has 8 heteroatoms. The number of anilines is 1. The molecule has 0 spiro atoms. The molecular weight excluding hydrogens is 332 g/mol. The maximum Gasteiger partial charge on any atom is 0.244 e. The molecule has 2 heterocycles. The zero-order valence-electron chi connectivity index (χ0n) is 14.6. The molecule has 0 unspecified atom stereocenters. The van der Waals surface area contributed by atoms with E-state index in [4.69, 9.17) is 10.3 Å². The van der Waals surface area contributed by atoms with Gasteiger partial charge in [-0.3, -0.25) is 0 Å². The Bertz CT molecular complexity index is 956. The zero-order chi connectivity index (χ0) is 18.3. The summed E-state index contributed by atoms with van der Waals surface area (Å²) in [6.07, 6.45) is 3.20. The van der Waals surface area contributed by atoms with E-state index in [1.807, 2.05) is 31.3 Å². The molecule has 0 saturated heterocycles. The Labute approximate surface area is 150 Å². The van der Waals surface area contributed by atoms with E-state index in [0.29, 0.717) is 30.4 Å². The third kappa shape index (κ3) is 2.88. The van der Waals surface area contributed by atoms with Crippen LogP contribution in [0.2, 0.25) is 0 Å². The number of benzene rings is 1. The molecule has 1 aromatic carbocycles. The van der Waals surface area contributed by atoms with E-state index in [1.54, 1.807) is 23.8 Å². The number of aliphatic hydroxyl groups is 1. The Balaban J connectivity index is 1.69. The van der Waals surface area contributed by atoms with Crippen LogP contribution in [0.1, 0.15) is 19.8 Å². The van der Waals surface area contributed by atoms with Crippen molar-refractivity contribution in [2.24, 2.45) is 5.11 Å². The minimum absolute atomic E-state index is 0.156. The lowest BCUT2D eigenvalue weighted by Crippen LogP contribution is -2.48. The normalized spacial score (nSPS) is 22.0. The SMILES string of the molecule is COc1nc(NC2CC(C)(O)C2)nn2ccc(-c3ccc(N=N)cc3)c12. The maximum atomic E-state index is 9.87. The van der Waals surface area contributed by atoms with Crippen molar-refractivity contribution in [3.05, 3.63) is 36.5 Å². The van der Waals surface area contributed by atoms with Crippen LogP contribution in [0.3, 0.4) is 0 Å². The lowest BCUT2D eigenvalue weighted by atomic mass is 9.77. The molecule has 0 atom stereocenters. The van der Waals surface area contributed by atoms with Gasteiger partial charge in [0, 0.05) is 17.8 Å². The zero-order valence-corrected chi connectivity index (χ0v) is 14.6. The van der Waals surface area contributed by atoms with Crippen molar-refractivity contribution in [3.63, 3.8) is 0 Å². The third-order valence-corrected chi connectivity index (χ3v) is 4.69. The number of ether oxygens (including phenoxy) is 1. The third-order valence-electron chi connectivity index (χ3n) is 4.69. The quantitative estimate of drug-likeness (QED) is 0.610. The lowest BCUT2D eigenvalue weighted by molar-refractivity contribution is -0.0236. The first-order valence-electron chi connectivity index (χ1n) is 8.39. The number of rotatable bonds is 5. The van der Waals surface area contributed by atoms with Gasteiger partial charge >= 0.3 is 0 Å². The molecular formula is C18H20N6O2. The standard InChI is InChI=1S/C18H20N6O2/c1-18(25)9-13(10-18)20-17-21-16(26-2)15-14(7-8-24(15)23-17)11-3-5-12(22-19)6-4-11/h3-8,13,19,25H,9-10H2,1-2H3,(H,20,23). The molecule has 1 fully saturated rings. The second-order valence-electron chi connectivity index (χ2n) is 6.87. The Morgan fingerprint density at radius 2 is 2.04 bits per heavy atom. The van der Waals surface area contributed by atoms with Gasteiger partial charge in [-0.2, -0.15) is 10.1 Å². The highest BCUT2D eigenvalue weighted by molar-refractivity contribution is 5.84. The van der Waals surface area contributed by atoms with E-state index in [2.05, 4.69) is 20.5 Å². The number of fused-ring (bicyclic) bond motifs is 1. The number of hydrogen-bond donors (Lipinski definition) is 3. The molecule has 8 nitrogen and oxygen atoms in total. The summed E-state index contributed by atoms with van der Waals surface area (Å²) in [6.45, 7) is 1.83. The minimum atomic E-state index is -0.607. The van der Waals surface area contributed by atoms with Gasteiger partial charge in [0.05, 0.1) is 18.4 Å². The lowest BCUT2D eigenvalue weighted by Gasteiger charge is -2.41. The van der Waals surface area contributed by atoms with Gasteiger partial charge < -0.3 is 15.2 Å². The fourth-order valence-corrected chi connectivity index (χ4v) is 3.43. The molecule has 0 bridgehead atoms. The molecule has 0 aliphatic heterocycles. The van der Waals surface area contributed by atoms with Crippen LogP contribution in [0, 0.1) is 5.53 Å². The van der Waals surface area contributed by atoms with Crippen LogP contribution in [-0.4, -0.2) is 38.5 Å². The average molecular weight is 352 g/mol. The van der Waals surface area contributed by atoms with Gasteiger partial charge in [-0.15, -0.1) is 5.10 Å². The van der Waals surface area contributed by atoms with Crippen molar-refractivity contribution >= 4 is 17.2 Å². The number of nitrogens with zero attached hydrogens (tertiary/aromatic N) is 4. The molecule has 1 aliphatic carbocycles. The van der Waals surface area contributed by atoms with Crippen LogP contribution in [0.25, 0.3) is 16.6 Å². The number of aromatic nitrogens is 3. The minimum Gasteiger partial charge on any atom is -0.479 e. The van der Waals surface area contributed by atoms with Crippen LogP contribution >= 0.6 is 0 Å². The largest absolute Gasteiger partial charge is 0.479 e. The van der Waals surface area contributed by atoms with Crippen LogP contribution in [-0.2, 0) is 0 Å². The summed E-state index contributed by atoms with van der Waals surface area (Å²) in [7, 11) is 1.58.